The molecule has 5 nitrogen and oxygen atoms in total. The highest BCUT2D eigenvalue weighted by Crippen LogP contribution is 2.38. The Morgan fingerprint density at radius 3 is 2.48 bits per heavy atom. The zero-order valence-corrected chi connectivity index (χ0v) is 12.9. The molecule has 2 aromatic carbocycles. The first kappa shape index (κ1) is 15.1. The van der Waals surface area contributed by atoms with Crippen molar-refractivity contribution in [1.82, 2.24) is 5.16 Å². The summed E-state index contributed by atoms with van der Waals surface area (Å²) in [5.74, 6) is 1.76. The molecule has 0 saturated heterocycles. The van der Waals surface area contributed by atoms with Crippen LogP contribution >= 0.6 is 0 Å². The molecule has 5 heteroatoms. The van der Waals surface area contributed by atoms with E-state index in [0.717, 1.165) is 5.56 Å². The van der Waals surface area contributed by atoms with Crippen LogP contribution in [0.3, 0.4) is 0 Å². The Hall–Kier alpha value is -2.79. The number of benzene rings is 2. The Kier molecular flexibility index (Phi) is 4.30. The van der Waals surface area contributed by atoms with Gasteiger partial charge in [0.15, 0.2) is 5.76 Å². The van der Waals surface area contributed by atoms with Gasteiger partial charge < -0.3 is 19.1 Å². The Bertz CT molecular complexity index is 796. The highest BCUT2D eigenvalue weighted by molar-refractivity contribution is 5.76. The lowest BCUT2D eigenvalue weighted by atomic mass is 10.0. The topological polar surface area (TPSA) is 64.7 Å². The molecule has 1 heterocycles. The van der Waals surface area contributed by atoms with E-state index < -0.39 is 0 Å². The second kappa shape index (κ2) is 6.54. The maximum atomic E-state index is 9.83. The zero-order valence-electron chi connectivity index (χ0n) is 12.9. The van der Waals surface area contributed by atoms with Crippen LogP contribution in [0.2, 0.25) is 0 Å². The number of ether oxygens (including phenoxy) is 2. The number of aromatic nitrogens is 1. The van der Waals surface area contributed by atoms with E-state index in [-0.39, 0.29) is 6.61 Å². The molecule has 3 aromatic rings. The standard InChI is InChI=1S/C18H17NO4/c1-21-13-8-9-16(22-2)14(10-13)18-15(11-20)17(19-23-18)12-6-4-3-5-7-12/h3-10,20H,11H2,1-2H3. The van der Waals surface area contributed by atoms with E-state index in [1.165, 1.54) is 0 Å². The van der Waals surface area contributed by atoms with Gasteiger partial charge in [0.05, 0.1) is 32.0 Å². The zero-order chi connectivity index (χ0) is 16.2. The molecule has 0 radical (unpaired) electrons. The van der Waals surface area contributed by atoms with Gasteiger partial charge in [0.1, 0.15) is 17.2 Å². The van der Waals surface area contributed by atoms with Crippen LogP contribution in [-0.2, 0) is 6.61 Å². The second-order valence-electron chi connectivity index (χ2n) is 4.93. The van der Waals surface area contributed by atoms with E-state index in [4.69, 9.17) is 14.0 Å². The lowest BCUT2D eigenvalue weighted by molar-refractivity contribution is 0.281. The van der Waals surface area contributed by atoms with E-state index in [1.54, 1.807) is 32.4 Å². The molecule has 0 atom stereocenters. The van der Waals surface area contributed by atoms with Crippen LogP contribution in [0.4, 0.5) is 0 Å². The predicted molar refractivity (Wildman–Crippen MR) is 86.4 cm³/mol. The molecule has 0 spiro atoms. The third-order valence-corrected chi connectivity index (χ3v) is 3.64. The van der Waals surface area contributed by atoms with Crippen LogP contribution in [-0.4, -0.2) is 24.5 Å². The number of hydrogen-bond acceptors (Lipinski definition) is 5. The van der Waals surface area contributed by atoms with Crippen molar-refractivity contribution in [3.8, 4) is 34.1 Å². The molecule has 0 bridgehead atoms. The number of methoxy groups -OCH3 is 2. The molecule has 0 aliphatic rings. The summed E-state index contributed by atoms with van der Waals surface area (Å²) in [6.07, 6.45) is 0. The average Bonchev–Trinajstić information content (AvgIpc) is 3.05. The summed E-state index contributed by atoms with van der Waals surface area (Å²) in [5, 5.41) is 14.0. The van der Waals surface area contributed by atoms with Crippen molar-refractivity contribution in [1.29, 1.82) is 0 Å². The maximum Gasteiger partial charge on any atom is 0.176 e. The molecule has 3 rings (SSSR count). The lowest BCUT2D eigenvalue weighted by Gasteiger charge is -2.09. The van der Waals surface area contributed by atoms with E-state index in [0.29, 0.717) is 34.1 Å². The monoisotopic (exact) mass is 311 g/mol. The first-order valence-corrected chi connectivity index (χ1v) is 7.15. The van der Waals surface area contributed by atoms with Gasteiger partial charge in [0, 0.05) is 5.56 Å². The third-order valence-electron chi connectivity index (χ3n) is 3.64. The summed E-state index contributed by atoms with van der Waals surface area (Å²) in [6.45, 7) is -0.191. The van der Waals surface area contributed by atoms with Gasteiger partial charge in [0.25, 0.3) is 0 Å². The number of aliphatic hydroxyl groups is 1. The summed E-state index contributed by atoms with van der Waals surface area (Å²) in [6, 6.07) is 15.0. The largest absolute Gasteiger partial charge is 0.497 e. The minimum Gasteiger partial charge on any atom is -0.497 e. The summed E-state index contributed by atoms with van der Waals surface area (Å²) in [7, 11) is 3.17. The molecule has 0 aliphatic carbocycles. The van der Waals surface area contributed by atoms with Gasteiger partial charge in [-0.3, -0.25) is 0 Å². The Morgan fingerprint density at radius 1 is 1.04 bits per heavy atom. The van der Waals surface area contributed by atoms with Crippen molar-refractivity contribution >= 4 is 0 Å². The molecular formula is C18H17NO4. The summed E-state index contributed by atoms with van der Waals surface area (Å²) in [5.41, 5.74) is 2.80. The first-order chi connectivity index (χ1) is 11.3. The fourth-order valence-corrected chi connectivity index (χ4v) is 2.48. The van der Waals surface area contributed by atoms with Crippen LogP contribution in [0.1, 0.15) is 5.56 Å². The van der Waals surface area contributed by atoms with Crippen molar-refractivity contribution < 1.29 is 19.1 Å². The molecular weight excluding hydrogens is 294 g/mol. The minimum absolute atomic E-state index is 0.191. The molecule has 0 aliphatic heterocycles. The summed E-state index contributed by atoms with van der Waals surface area (Å²) < 4.78 is 16.2. The Labute approximate surface area is 134 Å². The van der Waals surface area contributed by atoms with Crippen LogP contribution in [0.5, 0.6) is 11.5 Å². The van der Waals surface area contributed by atoms with Crippen molar-refractivity contribution in [2.75, 3.05) is 14.2 Å². The summed E-state index contributed by atoms with van der Waals surface area (Å²) in [4.78, 5) is 0. The number of nitrogens with zero attached hydrogens (tertiary/aromatic N) is 1. The number of rotatable bonds is 5. The smallest absolute Gasteiger partial charge is 0.176 e. The van der Waals surface area contributed by atoms with E-state index >= 15 is 0 Å². The van der Waals surface area contributed by atoms with Gasteiger partial charge in [-0.15, -0.1) is 0 Å². The van der Waals surface area contributed by atoms with Gasteiger partial charge >= 0.3 is 0 Å². The highest BCUT2D eigenvalue weighted by Gasteiger charge is 2.21. The lowest BCUT2D eigenvalue weighted by Crippen LogP contribution is -1.93. The first-order valence-electron chi connectivity index (χ1n) is 7.15. The van der Waals surface area contributed by atoms with Crippen LogP contribution in [0.15, 0.2) is 53.1 Å². The molecule has 23 heavy (non-hydrogen) atoms. The summed E-state index contributed by atoms with van der Waals surface area (Å²) >= 11 is 0. The average molecular weight is 311 g/mol. The second-order valence-corrected chi connectivity index (χ2v) is 4.93. The molecule has 118 valence electrons. The quantitative estimate of drug-likeness (QED) is 0.781. The molecule has 0 unspecified atom stereocenters. The molecule has 0 fully saturated rings. The van der Waals surface area contributed by atoms with Gasteiger partial charge in [-0.25, -0.2) is 0 Å². The van der Waals surface area contributed by atoms with Gasteiger partial charge in [-0.05, 0) is 18.2 Å². The van der Waals surface area contributed by atoms with E-state index in [1.807, 2.05) is 30.3 Å². The fraction of sp³-hybridized carbons (Fsp3) is 0.167. The molecule has 0 amide bonds. The van der Waals surface area contributed by atoms with Crippen molar-refractivity contribution in [2.45, 2.75) is 6.61 Å². The predicted octanol–water partition coefficient (Wildman–Crippen LogP) is 3.52. The van der Waals surface area contributed by atoms with Crippen molar-refractivity contribution in [3.05, 3.63) is 54.1 Å². The minimum atomic E-state index is -0.191. The third kappa shape index (κ3) is 2.78. The highest BCUT2D eigenvalue weighted by atomic mass is 16.5. The van der Waals surface area contributed by atoms with Crippen molar-refractivity contribution in [3.63, 3.8) is 0 Å². The van der Waals surface area contributed by atoms with Crippen LogP contribution in [0.25, 0.3) is 22.6 Å². The fourth-order valence-electron chi connectivity index (χ4n) is 2.48. The van der Waals surface area contributed by atoms with Crippen LogP contribution < -0.4 is 9.47 Å². The van der Waals surface area contributed by atoms with Crippen molar-refractivity contribution in [2.24, 2.45) is 0 Å². The Morgan fingerprint density at radius 2 is 1.83 bits per heavy atom. The van der Waals surface area contributed by atoms with E-state index in [2.05, 4.69) is 5.16 Å². The maximum absolute atomic E-state index is 9.83. The van der Waals surface area contributed by atoms with Gasteiger partial charge in [-0.2, -0.15) is 0 Å². The van der Waals surface area contributed by atoms with Gasteiger partial charge in [0.2, 0.25) is 0 Å². The van der Waals surface area contributed by atoms with E-state index in [9.17, 15) is 5.11 Å². The molecule has 1 N–H and O–H groups in total. The molecule has 0 saturated carbocycles. The molecule has 1 aromatic heterocycles. The Balaban J connectivity index is 2.16. The normalized spacial score (nSPS) is 10.6. The number of hydrogen-bond donors (Lipinski definition) is 1. The van der Waals surface area contributed by atoms with Crippen LogP contribution in [0, 0.1) is 0 Å². The number of aliphatic hydroxyl groups excluding tert-OH is 1. The SMILES string of the molecule is COc1ccc(OC)c(-c2onc(-c3ccccc3)c2CO)c1. The van der Waals surface area contributed by atoms with Gasteiger partial charge in [-0.1, -0.05) is 35.5 Å².